The van der Waals surface area contributed by atoms with Crippen molar-refractivity contribution in [1.29, 1.82) is 0 Å². The van der Waals surface area contributed by atoms with Crippen molar-refractivity contribution < 1.29 is 14.7 Å². The normalized spacial score (nSPS) is 19.6. The predicted molar refractivity (Wildman–Crippen MR) is 189 cm³/mol. The number of amides is 3. The first-order valence-electron chi connectivity index (χ1n) is 16.7. The largest absolute Gasteiger partial charge is 0.506 e. The quantitative estimate of drug-likeness (QED) is 0.289. The van der Waals surface area contributed by atoms with Crippen LogP contribution in [-0.2, 0) is 11.2 Å². The Hall–Kier alpha value is -3.09. The van der Waals surface area contributed by atoms with E-state index < -0.39 is 6.04 Å². The van der Waals surface area contributed by atoms with Crippen molar-refractivity contribution >= 4 is 43.8 Å². The Balaban J connectivity index is 1.10. The van der Waals surface area contributed by atoms with Crippen LogP contribution in [0.5, 0.6) is 5.75 Å². The van der Waals surface area contributed by atoms with E-state index in [4.69, 9.17) is 0 Å². The zero-order valence-electron chi connectivity index (χ0n) is 26.8. The number of rotatable bonds is 7. The van der Waals surface area contributed by atoms with Crippen LogP contribution in [-0.4, -0.2) is 93.7 Å². The molecule has 2 aromatic carbocycles. The Bertz CT molecular complexity index is 1580. The van der Waals surface area contributed by atoms with Crippen LogP contribution in [0.1, 0.15) is 50.1 Å². The number of hydrogen-bond donors (Lipinski definition) is 3. The maximum atomic E-state index is 14.0. The van der Waals surface area contributed by atoms with Gasteiger partial charge < -0.3 is 30.1 Å². The van der Waals surface area contributed by atoms with Gasteiger partial charge in [0.15, 0.2) is 0 Å². The second-order valence-electron chi connectivity index (χ2n) is 13.4. The zero-order chi connectivity index (χ0) is 33.1. The van der Waals surface area contributed by atoms with E-state index >= 15 is 0 Å². The number of aromatic hydroxyl groups is 1. The van der Waals surface area contributed by atoms with Gasteiger partial charge >= 0.3 is 11.7 Å². The van der Waals surface area contributed by atoms with Gasteiger partial charge in [-0.15, -0.1) is 0 Å². The third-order valence-electron chi connectivity index (χ3n) is 10.4. The molecule has 12 heteroatoms. The van der Waals surface area contributed by atoms with E-state index in [1.165, 1.54) is 12.8 Å². The number of carbonyl (C=O) groups is 2. The molecule has 0 bridgehead atoms. The molecule has 3 N–H and O–H groups in total. The van der Waals surface area contributed by atoms with Crippen LogP contribution in [0.15, 0.2) is 62.4 Å². The van der Waals surface area contributed by atoms with Gasteiger partial charge in [-0.05, 0) is 126 Å². The maximum Gasteiger partial charge on any atom is 0.326 e. The second kappa shape index (κ2) is 15.0. The van der Waals surface area contributed by atoms with Crippen LogP contribution >= 0.6 is 31.9 Å². The zero-order valence-corrected chi connectivity index (χ0v) is 30.0. The van der Waals surface area contributed by atoms with Gasteiger partial charge in [0.2, 0.25) is 5.91 Å². The average molecular weight is 773 g/mol. The SMILES string of the molecule is CN1CCC(C2CCN(C(=O)[C@H](Cc3cc(Br)c(O)c(Br)c3)NC(=O)N3CCC(n4cc(-c5ccccc5)[nH]c4=O)CC3)CC2)CC1. The van der Waals surface area contributed by atoms with Crippen LogP contribution in [0.4, 0.5) is 4.79 Å². The molecule has 0 radical (unpaired) electrons. The number of likely N-dealkylation sites (tertiary alicyclic amines) is 3. The van der Waals surface area contributed by atoms with Gasteiger partial charge in [0, 0.05) is 44.8 Å². The first kappa shape index (κ1) is 33.8. The minimum atomic E-state index is -0.746. The fourth-order valence-corrected chi connectivity index (χ4v) is 8.80. The molecule has 1 aromatic heterocycles. The molecule has 0 saturated carbocycles. The number of urea groups is 1. The number of benzene rings is 2. The number of phenolic OH excluding ortho intramolecular Hbond substituents is 1. The number of piperidine rings is 3. The van der Waals surface area contributed by atoms with E-state index in [9.17, 15) is 19.5 Å². The van der Waals surface area contributed by atoms with Crippen molar-refractivity contribution in [3.05, 3.63) is 73.7 Å². The summed E-state index contributed by atoms with van der Waals surface area (Å²) in [5.41, 5.74) is 2.40. The molecular weight excluding hydrogens is 728 g/mol. The lowest BCUT2D eigenvalue weighted by Gasteiger charge is -2.40. The molecule has 3 amide bonds. The van der Waals surface area contributed by atoms with Crippen molar-refractivity contribution in [2.45, 2.75) is 57.0 Å². The minimum absolute atomic E-state index is 0.0183. The molecule has 10 nitrogen and oxygen atoms in total. The summed E-state index contributed by atoms with van der Waals surface area (Å²) in [5, 5.41) is 13.3. The summed E-state index contributed by atoms with van der Waals surface area (Å²) in [5.74, 6) is 1.39. The van der Waals surface area contributed by atoms with Gasteiger partial charge in [-0.1, -0.05) is 30.3 Å². The number of hydrogen-bond acceptors (Lipinski definition) is 5. The Labute approximate surface area is 292 Å². The van der Waals surface area contributed by atoms with Crippen LogP contribution in [0, 0.1) is 11.8 Å². The van der Waals surface area contributed by atoms with Crippen LogP contribution in [0.25, 0.3) is 11.3 Å². The summed E-state index contributed by atoms with van der Waals surface area (Å²) in [4.78, 5) is 49.6. The molecule has 3 saturated heterocycles. The topological polar surface area (TPSA) is 114 Å². The fourth-order valence-electron chi connectivity index (χ4n) is 7.52. The third-order valence-corrected chi connectivity index (χ3v) is 11.6. The number of carbonyl (C=O) groups excluding carboxylic acids is 2. The molecule has 47 heavy (non-hydrogen) atoms. The molecule has 3 fully saturated rings. The number of aromatic amines is 1. The van der Waals surface area contributed by atoms with Crippen LogP contribution in [0.2, 0.25) is 0 Å². The van der Waals surface area contributed by atoms with E-state index in [1.54, 1.807) is 21.6 Å². The molecule has 252 valence electrons. The van der Waals surface area contributed by atoms with Crippen molar-refractivity contribution in [2.24, 2.45) is 11.8 Å². The van der Waals surface area contributed by atoms with Crippen LogP contribution in [0.3, 0.4) is 0 Å². The molecular formula is C35H44Br2N6O4. The minimum Gasteiger partial charge on any atom is -0.506 e. The van der Waals surface area contributed by atoms with Crippen molar-refractivity contribution in [3.63, 3.8) is 0 Å². The molecule has 3 aliphatic rings. The number of H-pyrrole nitrogens is 1. The van der Waals surface area contributed by atoms with Gasteiger partial charge in [-0.25, -0.2) is 9.59 Å². The van der Waals surface area contributed by atoms with Crippen LogP contribution < -0.4 is 11.0 Å². The van der Waals surface area contributed by atoms with Gasteiger partial charge in [0.1, 0.15) is 11.8 Å². The molecule has 1 atom stereocenters. The summed E-state index contributed by atoms with van der Waals surface area (Å²) in [7, 11) is 2.18. The van der Waals surface area contributed by atoms with Crippen molar-refractivity contribution in [3.8, 4) is 17.0 Å². The summed E-state index contributed by atoms with van der Waals surface area (Å²) < 4.78 is 2.80. The highest BCUT2D eigenvalue weighted by Crippen LogP contribution is 2.35. The Morgan fingerprint density at radius 2 is 1.47 bits per heavy atom. The smallest absolute Gasteiger partial charge is 0.326 e. The number of nitrogens with zero attached hydrogens (tertiary/aromatic N) is 4. The Morgan fingerprint density at radius 1 is 0.894 bits per heavy atom. The predicted octanol–water partition coefficient (Wildman–Crippen LogP) is 5.61. The third kappa shape index (κ3) is 7.97. The Kier molecular flexibility index (Phi) is 10.8. The van der Waals surface area contributed by atoms with Gasteiger partial charge in [0.05, 0.1) is 14.6 Å². The molecule has 3 aliphatic heterocycles. The number of halogens is 2. The van der Waals surface area contributed by atoms with E-state index in [0.717, 1.165) is 48.7 Å². The molecule has 6 rings (SSSR count). The lowest BCUT2D eigenvalue weighted by molar-refractivity contribution is -0.135. The van der Waals surface area contributed by atoms with Gasteiger partial charge in [-0.3, -0.25) is 9.36 Å². The molecule has 0 unspecified atom stereocenters. The lowest BCUT2D eigenvalue weighted by atomic mass is 9.79. The summed E-state index contributed by atoms with van der Waals surface area (Å²) >= 11 is 6.81. The lowest BCUT2D eigenvalue weighted by Crippen LogP contribution is -2.55. The van der Waals surface area contributed by atoms with Crippen molar-refractivity contribution in [2.75, 3.05) is 46.3 Å². The summed E-state index contributed by atoms with van der Waals surface area (Å²) in [6.07, 6.45) is 7.89. The van der Waals surface area contributed by atoms with Gasteiger partial charge in [0.25, 0.3) is 0 Å². The number of aromatic nitrogens is 2. The first-order chi connectivity index (χ1) is 22.7. The molecule has 3 aromatic rings. The first-order valence-corrected chi connectivity index (χ1v) is 18.3. The number of nitrogens with one attached hydrogen (secondary N) is 2. The fraction of sp³-hybridized carbons (Fsp3) is 0.514. The van der Waals surface area contributed by atoms with E-state index in [1.807, 2.05) is 41.4 Å². The maximum absolute atomic E-state index is 14.0. The standard InChI is InChI=1S/C35H44Br2N6O4/c1-40-13-7-24(8-14-40)25-9-15-41(16-10-25)33(45)30(21-23-19-28(36)32(44)29(37)20-23)38-34(46)42-17-11-27(12-18-42)43-22-31(39-35(43)47)26-5-3-2-4-6-26/h2-6,19-20,22,24-25,27,30,44H,7-18,21H2,1H3,(H,38,46)(H,39,47)/t30-/m0/s1. The Morgan fingerprint density at radius 3 is 2.09 bits per heavy atom. The monoisotopic (exact) mass is 770 g/mol. The highest BCUT2D eigenvalue weighted by atomic mass is 79.9. The molecule has 4 heterocycles. The summed E-state index contributed by atoms with van der Waals surface area (Å²) in [6.45, 7) is 4.65. The average Bonchev–Trinajstić information content (AvgIpc) is 3.48. The molecule has 0 spiro atoms. The van der Waals surface area contributed by atoms with E-state index in [-0.39, 0.29) is 29.4 Å². The van der Waals surface area contributed by atoms with E-state index in [2.05, 4.69) is 54.1 Å². The second-order valence-corrected chi connectivity index (χ2v) is 15.1. The number of imidazole rings is 1. The highest BCUT2D eigenvalue weighted by molar-refractivity contribution is 9.11. The van der Waals surface area contributed by atoms with Gasteiger partial charge in [-0.2, -0.15) is 0 Å². The summed E-state index contributed by atoms with van der Waals surface area (Å²) in [6, 6.07) is 12.3. The van der Waals surface area contributed by atoms with Crippen molar-refractivity contribution in [1.82, 2.24) is 29.6 Å². The van der Waals surface area contributed by atoms with E-state index in [0.29, 0.717) is 60.3 Å². The molecule has 0 aliphatic carbocycles. The highest BCUT2D eigenvalue weighted by Gasteiger charge is 2.34. The number of phenols is 1.